The molecule has 0 aliphatic carbocycles. The summed E-state index contributed by atoms with van der Waals surface area (Å²) in [6.45, 7) is 4.15. The third-order valence-corrected chi connectivity index (χ3v) is 5.58. The van der Waals surface area contributed by atoms with Crippen molar-refractivity contribution in [2.24, 2.45) is 11.7 Å². The molecule has 3 N–H and O–H groups in total. The largest absolute Gasteiger partial charge is 0.497 e. The maximum absolute atomic E-state index is 6.59. The van der Waals surface area contributed by atoms with Gasteiger partial charge in [0.15, 0.2) is 0 Å². The van der Waals surface area contributed by atoms with Gasteiger partial charge in [-0.2, -0.15) is 0 Å². The number of piperidine rings is 1. The minimum Gasteiger partial charge on any atom is -0.497 e. The molecule has 3 unspecified atom stereocenters. The topological polar surface area (TPSA) is 47.3 Å². The van der Waals surface area contributed by atoms with E-state index in [2.05, 4.69) is 66.8 Å². The van der Waals surface area contributed by atoms with Crippen molar-refractivity contribution in [3.63, 3.8) is 0 Å². The normalized spacial score (nSPS) is 25.2. The van der Waals surface area contributed by atoms with Crippen LogP contribution in [-0.2, 0) is 5.41 Å². The van der Waals surface area contributed by atoms with Crippen LogP contribution in [0.4, 0.5) is 0 Å². The number of methoxy groups -OCH3 is 1. The van der Waals surface area contributed by atoms with Crippen molar-refractivity contribution in [2.45, 2.75) is 31.2 Å². The minimum absolute atomic E-state index is 0.0474. The lowest BCUT2D eigenvalue weighted by Gasteiger charge is -2.48. The molecule has 1 saturated heterocycles. The predicted octanol–water partition coefficient (Wildman–Crippen LogP) is 3.33. The van der Waals surface area contributed by atoms with E-state index >= 15 is 0 Å². The Balaban J connectivity index is 2.15. The Morgan fingerprint density at radius 2 is 1.79 bits per heavy atom. The average molecular weight is 324 g/mol. The van der Waals surface area contributed by atoms with Gasteiger partial charge in [0.2, 0.25) is 0 Å². The molecule has 0 amide bonds. The monoisotopic (exact) mass is 324 g/mol. The van der Waals surface area contributed by atoms with Gasteiger partial charge in [-0.05, 0) is 42.6 Å². The van der Waals surface area contributed by atoms with E-state index in [9.17, 15) is 0 Å². The van der Waals surface area contributed by atoms with Gasteiger partial charge in [0, 0.05) is 23.9 Å². The van der Waals surface area contributed by atoms with Crippen molar-refractivity contribution in [2.75, 3.05) is 20.2 Å². The van der Waals surface area contributed by atoms with Gasteiger partial charge in [-0.1, -0.05) is 49.4 Å². The molecule has 0 spiro atoms. The first-order chi connectivity index (χ1) is 11.7. The number of nitrogens with one attached hydrogen (secondary N) is 1. The van der Waals surface area contributed by atoms with Gasteiger partial charge in [0.25, 0.3) is 0 Å². The van der Waals surface area contributed by atoms with Crippen LogP contribution in [0.2, 0.25) is 0 Å². The zero-order valence-electron chi connectivity index (χ0n) is 14.7. The van der Waals surface area contributed by atoms with Gasteiger partial charge in [0.1, 0.15) is 5.75 Å². The summed E-state index contributed by atoms with van der Waals surface area (Å²) in [6.07, 6.45) is 2.04. The number of hydrogen-bond acceptors (Lipinski definition) is 3. The zero-order chi connectivity index (χ0) is 17.0. The van der Waals surface area contributed by atoms with Crippen molar-refractivity contribution in [3.05, 3.63) is 65.7 Å². The van der Waals surface area contributed by atoms with Gasteiger partial charge in [-0.15, -0.1) is 0 Å². The van der Waals surface area contributed by atoms with Crippen molar-refractivity contribution in [3.8, 4) is 5.75 Å². The Morgan fingerprint density at radius 3 is 2.42 bits per heavy atom. The number of hydrogen-bond donors (Lipinski definition) is 2. The summed E-state index contributed by atoms with van der Waals surface area (Å²) in [5, 5.41) is 3.56. The molecule has 1 fully saturated rings. The molecule has 3 atom stereocenters. The molecule has 2 aromatic carbocycles. The van der Waals surface area contributed by atoms with Gasteiger partial charge < -0.3 is 15.8 Å². The highest BCUT2D eigenvalue weighted by Gasteiger charge is 2.45. The lowest BCUT2D eigenvalue weighted by molar-refractivity contribution is 0.203. The van der Waals surface area contributed by atoms with Crippen LogP contribution in [0.25, 0.3) is 0 Å². The van der Waals surface area contributed by atoms with Gasteiger partial charge in [-0.25, -0.2) is 0 Å². The average Bonchev–Trinajstić information content (AvgIpc) is 2.68. The summed E-state index contributed by atoms with van der Waals surface area (Å²) in [4.78, 5) is 0. The molecule has 3 nitrogen and oxygen atoms in total. The molecule has 0 radical (unpaired) electrons. The third kappa shape index (κ3) is 2.94. The molecular formula is C21H28N2O. The molecule has 1 heterocycles. The first-order valence-corrected chi connectivity index (χ1v) is 8.88. The molecule has 0 saturated carbocycles. The Labute approximate surface area is 145 Å². The molecule has 24 heavy (non-hydrogen) atoms. The lowest BCUT2D eigenvalue weighted by Crippen LogP contribution is -2.55. The molecule has 1 aliphatic rings. The molecule has 1 aliphatic heterocycles. The van der Waals surface area contributed by atoms with Gasteiger partial charge >= 0.3 is 0 Å². The summed E-state index contributed by atoms with van der Waals surface area (Å²) in [5.74, 6) is 1.26. The lowest BCUT2D eigenvalue weighted by atomic mass is 9.60. The van der Waals surface area contributed by atoms with Crippen LogP contribution >= 0.6 is 0 Å². The van der Waals surface area contributed by atoms with E-state index < -0.39 is 0 Å². The van der Waals surface area contributed by atoms with E-state index in [0.29, 0.717) is 5.92 Å². The highest BCUT2D eigenvalue weighted by atomic mass is 16.5. The van der Waals surface area contributed by atoms with Crippen molar-refractivity contribution in [1.29, 1.82) is 0 Å². The molecule has 2 aromatic rings. The second-order valence-corrected chi connectivity index (χ2v) is 6.70. The molecular weight excluding hydrogens is 296 g/mol. The van der Waals surface area contributed by atoms with Crippen LogP contribution in [0.5, 0.6) is 5.75 Å². The smallest absolute Gasteiger partial charge is 0.118 e. The molecule has 3 rings (SSSR count). The van der Waals surface area contributed by atoms with Crippen LogP contribution in [0.1, 0.15) is 30.9 Å². The van der Waals surface area contributed by atoms with Gasteiger partial charge in [-0.3, -0.25) is 0 Å². The molecule has 128 valence electrons. The number of ether oxygens (including phenoxy) is 1. The second kappa shape index (κ2) is 7.37. The zero-order valence-corrected chi connectivity index (χ0v) is 14.7. The second-order valence-electron chi connectivity index (χ2n) is 6.70. The summed E-state index contributed by atoms with van der Waals surface area (Å²) >= 11 is 0. The van der Waals surface area contributed by atoms with Gasteiger partial charge in [0.05, 0.1) is 7.11 Å². The number of nitrogens with two attached hydrogens (primary N) is 1. The Morgan fingerprint density at radius 1 is 1.12 bits per heavy atom. The number of rotatable bonds is 5. The van der Waals surface area contributed by atoms with E-state index in [1.54, 1.807) is 7.11 Å². The summed E-state index contributed by atoms with van der Waals surface area (Å²) in [5.41, 5.74) is 9.25. The van der Waals surface area contributed by atoms with Crippen LogP contribution < -0.4 is 15.8 Å². The maximum Gasteiger partial charge on any atom is 0.118 e. The predicted molar refractivity (Wildman–Crippen MR) is 99.5 cm³/mol. The molecule has 0 bridgehead atoms. The SMILES string of the molecule is CCC(N)C1CNCCC1(c1ccccc1)c1ccc(OC)cc1. The van der Waals surface area contributed by atoms with Crippen LogP contribution in [0.15, 0.2) is 54.6 Å². The van der Waals surface area contributed by atoms with E-state index in [1.807, 2.05) is 0 Å². The van der Waals surface area contributed by atoms with Crippen LogP contribution in [0, 0.1) is 5.92 Å². The van der Waals surface area contributed by atoms with Crippen molar-refractivity contribution < 1.29 is 4.74 Å². The minimum atomic E-state index is -0.0474. The summed E-state index contributed by atoms with van der Waals surface area (Å²) in [6, 6.07) is 19.6. The Hall–Kier alpha value is -1.84. The van der Waals surface area contributed by atoms with Crippen molar-refractivity contribution >= 4 is 0 Å². The first-order valence-electron chi connectivity index (χ1n) is 8.88. The highest BCUT2D eigenvalue weighted by Crippen LogP contribution is 2.45. The van der Waals surface area contributed by atoms with E-state index in [4.69, 9.17) is 10.5 Å². The fourth-order valence-electron chi connectivity index (χ4n) is 4.21. The Bertz CT molecular complexity index is 641. The van der Waals surface area contributed by atoms with E-state index in [-0.39, 0.29) is 11.5 Å². The quantitative estimate of drug-likeness (QED) is 0.887. The number of benzene rings is 2. The standard InChI is InChI=1S/C21H28N2O/c1-3-20(22)19-15-23-14-13-21(19,16-7-5-4-6-8-16)17-9-11-18(24-2)12-10-17/h4-12,19-20,23H,3,13-15,22H2,1-2H3. The molecule has 3 heteroatoms. The van der Waals surface area contributed by atoms with E-state index in [1.165, 1.54) is 11.1 Å². The van der Waals surface area contributed by atoms with Crippen LogP contribution in [0.3, 0.4) is 0 Å². The maximum atomic E-state index is 6.59. The molecule has 0 aromatic heterocycles. The fourth-order valence-corrected chi connectivity index (χ4v) is 4.21. The fraction of sp³-hybridized carbons (Fsp3) is 0.429. The highest BCUT2D eigenvalue weighted by molar-refractivity contribution is 5.43. The third-order valence-electron chi connectivity index (χ3n) is 5.58. The Kier molecular flexibility index (Phi) is 5.22. The summed E-state index contributed by atoms with van der Waals surface area (Å²) < 4.78 is 5.35. The summed E-state index contributed by atoms with van der Waals surface area (Å²) in [7, 11) is 1.71. The first kappa shape index (κ1) is 17.0. The van der Waals surface area contributed by atoms with Crippen molar-refractivity contribution in [1.82, 2.24) is 5.32 Å². The van der Waals surface area contributed by atoms with E-state index in [0.717, 1.165) is 31.7 Å². The van der Waals surface area contributed by atoms with Crippen LogP contribution in [-0.4, -0.2) is 26.2 Å².